The second-order valence-corrected chi connectivity index (χ2v) is 8.00. The molecule has 0 heterocycles. The van der Waals surface area contributed by atoms with Crippen LogP contribution in [0.3, 0.4) is 0 Å². The van der Waals surface area contributed by atoms with Crippen LogP contribution in [0, 0.1) is 0 Å². The van der Waals surface area contributed by atoms with Crippen molar-refractivity contribution in [3.8, 4) is 11.5 Å². The second kappa shape index (κ2) is 10.5. The lowest BCUT2D eigenvalue weighted by Gasteiger charge is -2.22. The molecule has 26 heavy (non-hydrogen) atoms. The van der Waals surface area contributed by atoms with Crippen LogP contribution in [0.1, 0.15) is 32.3 Å². The first kappa shape index (κ1) is 20.7. The molecule has 0 saturated carbocycles. The molecule has 2 rings (SSSR count). The van der Waals surface area contributed by atoms with Crippen molar-refractivity contribution in [2.75, 3.05) is 13.2 Å². The Kier molecular flexibility index (Phi) is 8.33. The zero-order chi connectivity index (χ0) is 18.8. The molecule has 6 heteroatoms. The van der Waals surface area contributed by atoms with Gasteiger partial charge in [0.1, 0.15) is 11.5 Å². The molecular weight excluding hydrogens is 351 g/mol. The third-order valence-corrected chi connectivity index (χ3v) is 6.01. The Hall–Kier alpha value is -1.65. The van der Waals surface area contributed by atoms with E-state index >= 15 is 0 Å². The second-order valence-electron chi connectivity index (χ2n) is 5.81. The molecule has 0 unspecified atom stereocenters. The summed E-state index contributed by atoms with van der Waals surface area (Å²) in [5.74, 6) is 0.448. The van der Waals surface area contributed by atoms with Gasteiger partial charge in [-0.1, -0.05) is 30.3 Å². The van der Waals surface area contributed by atoms with Gasteiger partial charge in [-0.25, -0.2) is 0 Å². The van der Waals surface area contributed by atoms with Gasteiger partial charge in [0.2, 0.25) is 0 Å². The minimum Gasteiger partial charge on any atom is -0.457 e. The Labute approximate surface area is 155 Å². The Morgan fingerprint density at radius 2 is 1.62 bits per heavy atom. The molecule has 0 amide bonds. The molecule has 0 aliphatic carbocycles. The fourth-order valence-corrected chi connectivity index (χ4v) is 4.24. The van der Waals surface area contributed by atoms with Crippen molar-refractivity contribution in [3.63, 3.8) is 0 Å². The van der Waals surface area contributed by atoms with Gasteiger partial charge in [-0.05, 0) is 62.9 Å². The quantitative estimate of drug-likeness (QED) is 0.531. The summed E-state index contributed by atoms with van der Waals surface area (Å²) < 4.78 is 28.7. The lowest BCUT2D eigenvalue weighted by atomic mass is 10.1. The number of aliphatic hydroxyl groups is 1. The molecule has 0 spiro atoms. The number of rotatable bonds is 11. The van der Waals surface area contributed by atoms with E-state index < -0.39 is 13.4 Å². The van der Waals surface area contributed by atoms with E-state index in [0.717, 1.165) is 23.5 Å². The van der Waals surface area contributed by atoms with Gasteiger partial charge in [0, 0.05) is 0 Å². The van der Waals surface area contributed by atoms with Gasteiger partial charge in [-0.15, -0.1) is 0 Å². The molecule has 5 nitrogen and oxygen atoms in total. The lowest BCUT2D eigenvalue weighted by Crippen LogP contribution is -2.13. The van der Waals surface area contributed by atoms with E-state index in [9.17, 15) is 9.67 Å². The molecule has 2 aromatic carbocycles. The predicted octanol–water partition coefficient (Wildman–Crippen LogP) is 5.39. The average molecular weight is 378 g/mol. The highest BCUT2D eigenvalue weighted by molar-refractivity contribution is 7.54. The van der Waals surface area contributed by atoms with Crippen LogP contribution >= 0.6 is 7.60 Å². The molecule has 0 fully saturated rings. The Morgan fingerprint density at radius 3 is 2.27 bits per heavy atom. The van der Waals surface area contributed by atoms with Crippen molar-refractivity contribution in [3.05, 3.63) is 60.2 Å². The number of aryl methyl sites for hydroxylation is 1. The van der Waals surface area contributed by atoms with Crippen molar-refractivity contribution in [2.24, 2.45) is 0 Å². The standard InChI is InChI=1S/C20H27O5P/c1-3-23-26(22,24-4-2)20(21)15-9-11-17-10-8-14-19(16-17)25-18-12-6-5-7-13-18/h5-8,10,12-14,16,20-21H,3-4,9,11,15H2,1-2H3/t20-/m0/s1. The third-order valence-electron chi connectivity index (χ3n) is 3.79. The topological polar surface area (TPSA) is 65.0 Å². The van der Waals surface area contributed by atoms with E-state index in [0.29, 0.717) is 12.8 Å². The van der Waals surface area contributed by atoms with Crippen LogP contribution in [-0.2, 0) is 20.0 Å². The molecule has 142 valence electrons. The van der Waals surface area contributed by atoms with E-state index in [2.05, 4.69) is 0 Å². The number of benzene rings is 2. The zero-order valence-electron chi connectivity index (χ0n) is 15.3. The fraction of sp³-hybridized carbons (Fsp3) is 0.400. The molecular formula is C20H27O5P. The minimum atomic E-state index is -3.46. The highest BCUT2D eigenvalue weighted by atomic mass is 31.2. The van der Waals surface area contributed by atoms with Gasteiger partial charge in [-0.2, -0.15) is 0 Å². The van der Waals surface area contributed by atoms with Crippen molar-refractivity contribution < 1.29 is 23.5 Å². The smallest absolute Gasteiger partial charge is 0.358 e. The molecule has 0 aliphatic rings. The summed E-state index contributed by atoms with van der Waals surface area (Å²) in [4.78, 5) is 0. The summed E-state index contributed by atoms with van der Waals surface area (Å²) in [6, 6.07) is 17.4. The summed E-state index contributed by atoms with van der Waals surface area (Å²) in [6.07, 6.45) is 1.75. The fourth-order valence-electron chi connectivity index (χ4n) is 2.61. The zero-order valence-corrected chi connectivity index (χ0v) is 16.2. The van der Waals surface area contributed by atoms with Crippen LogP contribution in [-0.4, -0.2) is 24.2 Å². The highest BCUT2D eigenvalue weighted by Crippen LogP contribution is 2.53. The van der Waals surface area contributed by atoms with Gasteiger partial charge in [0.25, 0.3) is 0 Å². The monoisotopic (exact) mass is 378 g/mol. The van der Waals surface area contributed by atoms with E-state index in [-0.39, 0.29) is 13.2 Å². The maximum Gasteiger partial charge on any atom is 0.358 e. The van der Waals surface area contributed by atoms with E-state index in [1.54, 1.807) is 13.8 Å². The van der Waals surface area contributed by atoms with Crippen molar-refractivity contribution >= 4 is 7.60 Å². The predicted molar refractivity (Wildman–Crippen MR) is 103 cm³/mol. The third kappa shape index (κ3) is 6.26. The van der Waals surface area contributed by atoms with Crippen molar-refractivity contribution in [2.45, 2.75) is 39.0 Å². The van der Waals surface area contributed by atoms with Crippen LogP contribution in [0.5, 0.6) is 11.5 Å². The first-order chi connectivity index (χ1) is 12.6. The molecule has 2 aromatic rings. The first-order valence-corrected chi connectivity index (χ1v) is 10.6. The SMILES string of the molecule is CCOP(=O)(OCC)[C@H](O)CCCc1cccc(Oc2ccccc2)c1. The minimum absolute atomic E-state index is 0.243. The van der Waals surface area contributed by atoms with Crippen LogP contribution < -0.4 is 4.74 Å². The largest absolute Gasteiger partial charge is 0.457 e. The first-order valence-electron chi connectivity index (χ1n) is 8.96. The van der Waals surface area contributed by atoms with Crippen molar-refractivity contribution in [1.82, 2.24) is 0 Å². The number of hydrogen-bond acceptors (Lipinski definition) is 5. The Balaban J connectivity index is 1.89. The average Bonchev–Trinajstić information content (AvgIpc) is 2.63. The molecule has 1 N–H and O–H groups in total. The van der Waals surface area contributed by atoms with Gasteiger partial charge in [0.15, 0.2) is 5.85 Å². The maximum absolute atomic E-state index is 12.5. The van der Waals surface area contributed by atoms with Gasteiger partial charge in [0.05, 0.1) is 13.2 Å². The molecule has 0 bridgehead atoms. The number of aliphatic hydroxyl groups excluding tert-OH is 1. The maximum atomic E-state index is 12.5. The van der Waals surface area contributed by atoms with E-state index in [1.807, 2.05) is 54.6 Å². The normalized spacial score (nSPS) is 12.7. The van der Waals surface area contributed by atoms with E-state index in [4.69, 9.17) is 13.8 Å². The van der Waals surface area contributed by atoms with Crippen molar-refractivity contribution in [1.29, 1.82) is 0 Å². The van der Waals surface area contributed by atoms with Crippen LogP contribution in [0.2, 0.25) is 0 Å². The molecule has 0 saturated heterocycles. The van der Waals surface area contributed by atoms with Crippen LogP contribution in [0.25, 0.3) is 0 Å². The van der Waals surface area contributed by atoms with Gasteiger partial charge in [-0.3, -0.25) is 4.57 Å². The van der Waals surface area contributed by atoms with E-state index in [1.165, 1.54) is 0 Å². The summed E-state index contributed by atoms with van der Waals surface area (Å²) >= 11 is 0. The van der Waals surface area contributed by atoms with Crippen LogP contribution in [0.4, 0.5) is 0 Å². The highest BCUT2D eigenvalue weighted by Gasteiger charge is 2.33. The van der Waals surface area contributed by atoms with Gasteiger partial charge >= 0.3 is 7.60 Å². The molecule has 0 aliphatic heterocycles. The summed E-state index contributed by atoms with van der Waals surface area (Å²) in [6.45, 7) is 3.95. The number of ether oxygens (including phenoxy) is 1. The number of para-hydroxylation sites is 1. The summed E-state index contributed by atoms with van der Waals surface area (Å²) in [5, 5.41) is 10.2. The Morgan fingerprint density at radius 1 is 0.962 bits per heavy atom. The number of hydrogen-bond donors (Lipinski definition) is 1. The Bertz CT molecular complexity index is 694. The van der Waals surface area contributed by atoms with Crippen LogP contribution in [0.15, 0.2) is 54.6 Å². The summed E-state index contributed by atoms with van der Waals surface area (Å²) in [7, 11) is -3.46. The molecule has 0 aromatic heterocycles. The van der Waals surface area contributed by atoms with Gasteiger partial charge < -0.3 is 18.9 Å². The lowest BCUT2D eigenvalue weighted by molar-refractivity contribution is 0.143. The molecule has 0 radical (unpaired) electrons. The molecule has 1 atom stereocenters. The summed E-state index contributed by atoms with van der Waals surface area (Å²) in [5.41, 5.74) is 1.09.